The predicted octanol–water partition coefficient (Wildman–Crippen LogP) is 3.51. The molecule has 0 fully saturated rings. The Morgan fingerprint density at radius 3 is 2.34 bits per heavy atom. The molecule has 5 nitrogen and oxygen atoms in total. The van der Waals surface area contributed by atoms with E-state index >= 15 is 0 Å². The fraction of sp³-hybridized carbons (Fsp3) is 0.478. The smallest absolute Gasteiger partial charge is 0.161 e. The lowest BCUT2D eigenvalue weighted by atomic mass is 10.1. The van der Waals surface area contributed by atoms with Crippen molar-refractivity contribution in [3.05, 3.63) is 58.9 Å². The van der Waals surface area contributed by atoms with Crippen LogP contribution in [0.4, 0.5) is 4.39 Å². The molecule has 160 valence electrons. The first-order valence-electron chi connectivity index (χ1n) is 9.94. The van der Waals surface area contributed by atoms with Crippen LogP contribution in [0.3, 0.4) is 0 Å². The highest BCUT2D eigenvalue weighted by Gasteiger charge is 2.13. The van der Waals surface area contributed by atoms with Crippen LogP contribution in [0.25, 0.3) is 0 Å². The predicted molar refractivity (Wildman–Crippen MR) is 114 cm³/mol. The summed E-state index contributed by atoms with van der Waals surface area (Å²) in [6.07, 6.45) is -0.580. The third kappa shape index (κ3) is 7.31. The number of hydrogen-bond donors (Lipinski definition) is 2. The fourth-order valence-corrected chi connectivity index (χ4v) is 2.82. The largest absolute Gasteiger partial charge is 0.493 e. The molecule has 0 aliphatic heterocycles. The SMILES string of the molecule is COc1cc(CNCc2ccc(C)c(F)c2)ccc1OC[C@@H](O)CN(C)C(C)C. The Kier molecular flexibility index (Phi) is 8.89. The van der Waals surface area contributed by atoms with Crippen LogP contribution in [0.2, 0.25) is 0 Å². The van der Waals surface area contributed by atoms with Gasteiger partial charge in [-0.1, -0.05) is 18.2 Å². The summed E-state index contributed by atoms with van der Waals surface area (Å²) < 4.78 is 24.8. The molecule has 0 aliphatic carbocycles. The third-order valence-electron chi connectivity index (χ3n) is 4.93. The summed E-state index contributed by atoms with van der Waals surface area (Å²) in [4.78, 5) is 2.07. The summed E-state index contributed by atoms with van der Waals surface area (Å²) in [6, 6.07) is 11.3. The quantitative estimate of drug-likeness (QED) is 0.600. The standard InChI is InChI=1S/C23H33FN2O3/c1-16(2)26(4)14-20(27)15-29-22-9-8-19(11-23(22)28-5)13-25-12-18-7-6-17(3)21(24)10-18/h6-11,16,20,25,27H,12-15H2,1-5H3/t20-/m0/s1. The van der Waals surface area contributed by atoms with Gasteiger partial charge in [0, 0.05) is 25.7 Å². The molecule has 29 heavy (non-hydrogen) atoms. The van der Waals surface area contributed by atoms with E-state index in [1.165, 1.54) is 0 Å². The van der Waals surface area contributed by atoms with E-state index in [1.807, 2.05) is 31.3 Å². The topological polar surface area (TPSA) is 54.0 Å². The maximum absolute atomic E-state index is 13.6. The Hall–Kier alpha value is -2.15. The first-order valence-corrected chi connectivity index (χ1v) is 9.94. The van der Waals surface area contributed by atoms with E-state index in [2.05, 4.69) is 24.1 Å². The van der Waals surface area contributed by atoms with Crippen molar-refractivity contribution in [2.75, 3.05) is 27.3 Å². The normalized spacial score (nSPS) is 12.4. The Bertz CT molecular complexity index is 783. The number of nitrogens with zero attached hydrogens (tertiary/aromatic N) is 1. The van der Waals surface area contributed by atoms with Gasteiger partial charge in [0.05, 0.1) is 7.11 Å². The Balaban J connectivity index is 1.88. The Morgan fingerprint density at radius 1 is 1.07 bits per heavy atom. The first-order chi connectivity index (χ1) is 13.8. The molecule has 2 N–H and O–H groups in total. The molecule has 0 unspecified atom stereocenters. The van der Waals surface area contributed by atoms with Gasteiger partial charge >= 0.3 is 0 Å². The van der Waals surface area contributed by atoms with Crippen molar-refractivity contribution in [2.24, 2.45) is 0 Å². The van der Waals surface area contributed by atoms with Gasteiger partial charge in [0.1, 0.15) is 18.5 Å². The summed E-state index contributed by atoms with van der Waals surface area (Å²) >= 11 is 0. The highest BCUT2D eigenvalue weighted by Crippen LogP contribution is 2.28. The Labute approximate surface area is 173 Å². The average Bonchev–Trinajstić information content (AvgIpc) is 2.69. The fourth-order valence-electron chi connectivity index (χ4n) is 2.82. The van der Waals surface area contributed by atoms with Crippen molar-refractivity contribution in [3.8, 4) is 11.5 Å². The molecular formula is C23H33FN2O3. The number of halogens is 1. The van der Waals surface area contributed by atoms with Crippen LogP contribution < -0.4 is 14.8 Å². The average molecular weight is 405 g/mol. The molecule has 1 atom stereocenters. The van der Waals surface area contributed by atoms with Crippen LogP contribution >= 0.6 is 0 Å². The number of aliphatic hydroxyl groups is 1. The lowest BCUT2D eigenvalue weighted by Crippen LogP contribution is -2.36. The van der Waals surface area contributed by atoms with Crippen LogP contribution in [0, 0.1) is 12.7 Å². The zero-order valence-electron chi connectivity index (χ0n) is 18.0. The van der Waals surface area contributed by atoms with Gasteiger partial charge in [-0.25, -0.2) is 4.39 Å². The van der Waals surface area contributed by atoms with Crippen molar-refractivity contribution in [1.29, 1.82) is 0 Å². The van der Waals surface area contributed by atoms with Crippen LogP contribution in [0.15, 0.2) is 36.4 Å². The zero-order valence-corrected chi connectivity index (χ0v) is 18.0. The molecule has 2 rings (SSSR count). The molecule has 0 saturated heterocycles. The van der Waals surface area contributed by atoms with Crippen LogP contribution in [0.1, 0.15) is 30.5 Å². The van der Waals surface area contributed by atoms with Gasteiger partial charge in [-0.2, -0.15) is 0 Å². The minimum atomic E-state index is -0.580. The highest BCUT2D eigenvalue weighted by atomic mass is 19.1. The van der Waals surface area contributed by atoms with Crippen molar-refractivity contribution in [3.63, 3.8) is 0 Å². The number of benzene rings is 2. The summed E-state index contributed by atoms with van der Waals surface area (Å²) in [5, 5.41) is 13.5. The number of methoxy groups -OCH3 is 1. The van der Waals surface area contributed by atoms with E-state index in [0.29, 0.717) is 42.7 Å². The maximum atomic E-state index is 13.6. The molecule has 0 amide bonds. The second-order valence-corrected chi connectivity index (χ2v) is 7.67. The maximum Gasteiger partial charge on any atom is 0.161 e. The molecule has 0 saturated carbocycles. The van der Waals surface area contributed by atoms with Crippen LogP contribution in [-0.2, 0) is 13.1 Å². The number of hydrogen-bond acceptors (Lipinski definition) is 5. The van der Waals surface area contributed by atoms with Gasteiger partial charge in [-0.05, 0) is 62.7 Å². The van der Waals surface area contributed by atoms with Gasteiger partial charge in [-0.15, -0.1) is 0 Å². The van der Waals surface area contributed by atoms with Gasteiger partial charge < -0.3 is 24.8 Å². The van der Waals surface area contributed by atoms with E-state index in [0.717, 1.165) is 11.1 Å². The minimum Gasteiger partial charge on any atom is -0.493 e. The zero-order chi connectivity index (χ0) is 21.4. The van der Waals surface area contributed by atoms with E-state index in [-0.39, 0.29) is 12.4 Å². The number of rotatable bonds is 11. The number of likely N-dealkylation sites (N-methyl/N-ethyl adjacent to an activating group) is 1. The molecule has 6 heteroatoms. The molecule has 0 spiro atoms. The molecule has 0 radical (unpaired) electrons. The number of aryl methyl sites for hydroxylation is 1. The summed E-state index contributed by atoms with van der Waals surface area (Å²) in [7, 11) is 3.57. The van der Waals surface area contributed by atoms with E-state index in [1.54, 1.807) is 26.2 Å². The van der Waals surface area contributed by atoms with E-state index < -0.39 is 6.10 Å². The molecule has 0 heterocycles. The van der Waals surface area contributed by atoms with Crippen LogP contribution in [-0.4, -0.2) is 49.5 Å². The lowest BCUT2D eigenvalue weighted by molar-refractivity contribution is 0.0668. The minimum absolute atomic E-state index is 0.186. The molecule has 2 aromatic carbocycles. The second kappa shape index (κ2) is 11.1. The second-order valence-electron chi connectivity index (χ2n) is 7.67. The van der Waals surface area contributed by atoms with Gasteiger partial charge in [0.2, 0.25) is 0 Å². The summed E-state index contributed by atoms with van der Waals surface area (Å²) in [5.41, 5.74) is 2.58. The van der Waals surface area contributed by atoms with Crippen molar-refractivity contribution in [1.82, 2.24) is 10.2 Å². The number of ether oxygens (including phenoxy) is 2. The monoisotopic (exact) mass is 404 g/mol. The summed E-state index contributed by atoms with van der Waals surface area (Å²) in [5.74, 6) is 1.03. The van der Waals surface area contributed by atoms with Crippen molar-refractivity contribution in [2.45, 2.75) is 46.0 Å². The number of aliphatic hydroxyl groups excluding tert-OH is 1. The molecule has 0 aromatic heterocycles. The first kappa shape index (κ1) is 23.1. The molecule has 2 aromatic rings. The van der Waals surface area contributed by atoms with Crippen molar-refractivity contribution < 1.29 is 19.0 Å². The third-order valence-corrected chi connectivity index (χ3v) is 4.93. The molecule has 0 bridgehead atoms. The van der Waals surface area contributed by atoms with Gasteiger partial charge in [-0.3, -0.25) is 0 Å². The van der Waals surface area contributed by atoms with Crippen LogP contribution in [0.5, 0.6) is 11.5 Å². The van der Waals surface area contributed by atoms with Gasteiger partial charge in [0.25, 0.3) is 0 Å². The van der Waals surface area contributed by atoms with Crippen molar-refractivity contribution >= 4 is 0 Å². The lowest BCUT2D eigenvalue weighted by Gasteiger charge is -2.24. The summed E-state index contributed by atoms with van der Waals surface area (Å²) in [6.45, 7) is 7.86. The van der Waals surface area contributed by atoms with E-state index in [9.17, 15) is 9.50 Å². The Morgan fingerprint density at radius 2 is 1.72 bits per heavy atom. The highest BCUT2D eigenvalue weighted by molar-refractivity contribution is 5.43. The van der Waals surface area contributed by atoms with E-state index in [4.69, 9.17) is 9.47 Å². The molecular weight excluding hydrogens is 371 g/mol. The number of nitrogens with one attached hydrogen (secondary N) is 1. The molecule has 0 aliphatic rings. The van der Waals surface area contributed by atoms with Gasteiger partial charge in [0.15, 0.2) is 11.5 Å².